The second kappa shape index (κ2) is 5.62. The maximum Gasteiger partial charge on any atom is 0.164 e. The molecular formula is C13H19N5. The number of hydrogen-bond acceptors (Lipinski definition) is 4. The zero-order valence-electron chi connectivity index (χ0n) is 10.9. The summed E-state index contributed by atoms with van der Waals surface area (Å²) < 4.78 is 1.90. The fourth-order valence-electron chi connectivity index (χ4n) is 1.86. The van der Waals surface area contributed by atoms with Gasteiger partial charge in [-0.2, -0.15) is 5.10 Å². The lowest BCUT2D eigenvalue weighted by molar-refractivity contribution is 0.603. The van der Waals surface area contributed by atoms with Crippen molar-refractivity contribution in [3.8, 4) is 11.4 Å². The van der Waals surface area contributed by atoms with Gasteiger partial charge in [0, 0.05) is 24.5 Å². The van der Waals surface area contributed by atoms with Crippen molar-refractivity contribution in [1.82, 2.24) is 19.7 Å². The Balaban J connectivity index is 2.30. The Bertz CT molecular complexity index is 518. The highest BCUT2D eigenvalue weighted by molar-refractivity contribution is 5.54. The summed E-state index contributed by atoms with van der Waals surface area (Å²) in [5.41, 5.74) is 7.73. The summed E-state index contributed by atoms with van der Waals surface area (Å²) in [6.45, 7) is 5.15. The quantitative estimate of drug-likeness (QED) is 0.877. The Morgan fingerprint density at radius 1 is 1.22 bits per heavy atom. The third-order valence-electron chi connectivity index (χ3n) is 2.65. The zero-order chi connectivity index (χ0) is 13.0. The van der Waals surface area contributed by atoms with Gasteiger partial charge >= 0.3 is 0 Å². The molecule has 0 aliphatic heterocycles. The number of hydrogen-bond donors (Lipinski definition) is 1. The van der Waals surface area contributed by atoms with Crippen molar-refractivity contribution in [3.05, 3.63) is 24.2 Å². The summed E-state index contributed by atoms with van der Waals surface area (Å²) >= 11 is 0. The molecule has 2 rings (SSSR count). The normalized spacial score (nSPS) is 10.8. The molecule has 0 aromatic carbocycles. The first-order chi connectivity index (χ1) is 8.72. The summed E-state index contributed by atoms with van der Waals surface area (Å²) in [5, 5.41) is 4.28. The second-order valence-electron chi connectivity index (χ2n) is 4.35. The van der Waals surface area contributed by atoms with Crippen LogP contribution in [0.2, 0.25) is 0 Å². The van der Waals surface area contributed by atoms with Crippen LogP contribution in [0.25, 0.3) is 11.4 Å². The van der Waals surface area contributed by atoms with Crippen LogP contribution < -0.4 is 5.73 Å². The third-order valence-corrected chi connectivity index (χ3v) is 2.65. The predicted molar refractivity (Wildman–Crippen MR) is 72.0 cm³/mol. The Kier molecular flexibility index (Phi) is 3.92. The molecule has 0 aliphatic rings. The fourth-order valence-corrected chi connectivity index (χ4v) is 1.86. The lowest BCUT2D eigenvalue weighted by atomic mass is 10.2. The Morgan fingerprint density at radius 2 is 2.06 bits per heavy atom. The fraction of sp³-hybridized carbons (Fsp3) is 0.462. The van der Waals surface area contributed by atoms with Crippen molar-refractivity contribution in [2.45, 2.75) is 39.7 Å². The molecule has 2 N–H and O–H groups in total. The monoisotopic (exact) mass is 245 g/mol. The predicted octanol–water partition coefficient (Wildman–Crippen LogP) is 2.28. The van der Waals surface area contributed by atoms with E-state index in [0.717, 1.165) is 37.1 Å². The number of nitrogens with zero attached hydrogens (tertiary/aromatic N) is 4. The summed E-state index contributed by atoms with van der Waals surface area (Å²) in [7, 11) is 0. The molecule has 0 atom stereocenters. The molecule has 2 aromatic rings. The van der Waals surface area contributed by atoms with Crippen LogP contribution in [0, 0.1) is 0 Å². The van der Waals surface area contributed by atoms with E-state index < -0.39 is 0 Å². The number of aromatic nitrogens is 4. The number of nitrogens with two attached hydrogens (primary N) is 1. The van der Waals surface area contributed by atoms with Gasteiger partial charge in [0.1, 0.15) is 5.82 Å². The summed E-state index contributed by atoms with van der Waals surface area (Å²) in [5.74, 6) is 1.19. The van der Waals surface area contributed by atoms with Crippen molar-refractivity contribution < 1.29 is 0 Å². The molecule has 18 heavy (non-hydrogen) atoms. The summed E-state index contributed by atoms with van der Waals surface area (Å²) in [4.78, 5) is 8.80. The molecular weight excluding hydrogens is 226 g/mol. The largest absolute Gasteiger partial charge is 0.384 e. The van der Waals surface area contributed by atoms with Crippen molar-refractivity contribution in [1.29, 1.82) is 0 Å². The lowest BCUT2D eigenvalue weighted by Crippen LogP contribution is -2.00. The molecule has 96 valence electrons. The Labute approximate surface area is 107 Å². The molecule has 5 nitrogen and oxygen atoms in total. The molecule has 5 heteroatoms. The van der Waals surface area contributed by atoms with E-state index in [4.69, 9.17) is 5.73 Å². The standard InChI is InChI=1S/C13H19N5/c1-3-5-11-7-12(14)17-13(16-11)10-8-15-18(9-10)6-4-2/h7-9H,3-6H2,1-2H3,(H2,14,16,17). The van der Waals surface area contributed by atoms with E-state index >= 15 is 0 Å². The first-order valence-corrected chi connectivity index (χ1v) is 6.39. The van der Waals surface area contributed by atoms with E-state index in [1.54, 1.807) is 6.20 Å². The van der Waals surface area contributed by atoms with Crippen LogP contribution in [0.15, 0.2) is 18.5 Å². The smallest absolute Gasteiger partial charge is 0.164 e. The van der Waals surface area contributed by atoms with Crippen molar-refractivity contribution in [2.75, 3.05) is 5.73 Å². The maximum atomic E-state index is 5.81. The van der Waals surface area contributed by atoms with Crippen molar-refractivity contribution >= 4 is 5.82 Å². The highest BCUT2D eigenvalue weighted by Crippen LogP contribution is 2.17. The topological polar surface area (TPSA) is 69.6 Å². The van der Waals surface area contributed by atoms with E-state index in [0.29, 0.717) is 11.6 Å². The molecule has 0 fully saturated rings. The minimum absolute atomic E-state index is 0.520. The van der Waals surface area contributed by atoms with Crippen LogP contribution in [-0.4, -0.2) is 19.7 Å². The number of aryl methyl sites for hydroxylation is 2. The van der Waals surface area contributed by atoms with Crippen molar-refractivity contribution in [3.63, 3.8) is 0 Å². The second-order valence-corrected chi connectivity index (χ2v) is 4.35. The molecule has 0 unspecified atom stereocenters. The Morgan fingerprint density at radius 3 is 2.78 bits per heavy atom. The van der Waals surface area contributed by atoms with Gasteiger partial charge in [0.15, 0.2) is 5.82 Å². The average molecular weight is 245 g/mol. The van der Waals surface area contributed by atoms with Gasteiger partial charge in [-0.1, -0.05) is 20.3 Å². The maximum absolute atomic E-state index is 5.81. The number of rotatable bonds is 5. The van der Waals surface area contributed by atoms with E-state index in [1.807, 2.05) is 16.9 Å². The molecule has 0 amide bonds. The van der Waals surface area contributed by atoms with Crippen LogP contribution in [0.1, 0.15) is 32.4 Å². The molecule has 0 saturated carbocycles. The van der Waals surface area contributed by atoms with Crippen LogP contribution in [-0.2, 0) is 13.0 Å². The SMILES string of the molecule is CCCc1cc(N)nc(-c2cnn(CCC)c2)n1. The third kappa shape index (κ3) is 2.85. The highest BCUT2D eigenvalue weighted by atomic mass is 15.3. The van der Waals surface area contributed by atoms with Crippen LogP contribution in [0.3, 0.4) is 0 Å². The highest BCUT2D eigenvalue weighted by Gasteiger charge is 2.07. The Hall–Kier alpha value is -1.91. The zero-order valence-corrected chi connectivity index (χ0v) is 10.9. The molecule has 0 bridgehead atoms. The van der Waals surface area contributed by atoms with Crippen LogP contribution in [0.4, 0.5) is 5.82 Å². The van der Waals surface area contributed by atoms with Gasteiger partial charge < -0.3 is 5.73 Å². The number of anilines is 1. The van der Waals surface area contributed by atoms with Gasteiger partial charge in [0.2, 0.25) is 0 Å². The summed E-state index contributed by atoms with van der Waals surface area (Å²) in [6, 6.07) is 1.84. The lowest BCUT2D eigenvalue weighted by Gasteiger charge is -2.03. The van der Waals surface area contributed by atoms with Gasteiger partial charge in [0.25, 0.3) is 0 Å². The van der Waals surface area contributed by atoms with E-state index in [9.17, 15) is 0 Å². The van der Waals surface area contributed by atoms with Gasteiger partial charge in [-0.3, -0.25) is 4.68 Å². The van der Waals surface area contributed by atoms with Gasteiger partial charge in [-0.15, -0.1) is 0 Å². The molecule has 0 spiro atoms. The first kappa shape index (κ1) is 12.5. The van der Waals surface area contributed by atoms with E-state index in [1.165, 1.54) is 0 Å². The van der Waals surface area contributed by atoms with E-state index in [2.05, 4.69) is 28.9 Å². The van der Waals surface area contributed by atoms with Gasteiger partial charge in [-0.05, 0) is 12.8 Å². The van der Waals surface area contributed by atoms with Crippen LogP contribution >= 0.6 is 0 Å². The first-order valence-electron chi connectivity index (χ1n) is 6.39. The molecule has 2 heterocycles. The molecule has 2 aromatic heterocycles. The molecule has 0 aliphatic carbocycles. The average Bonchev–Trinajstić information content (AvgIpc) is 2.78. The number of nitrogen functional groups attached to an aromatic ring is 1. The minimum Gasteiger partial charge on any atom is -0.384 e. The van der Waals surface area contributed by atoms with Gasteiger partial charge in [0.05, 0.1) is 11.8 Å². The van der Waals surface area contributed by atoms with Crippen molar-refractivity contribution in [2.24, 2.45) is 0 Å². The summed E-state index contributed by atoms with van der Waals surface area (Å²) in [6.07, 6.45) is 6.78. The van der Waals surface area contributed by atoms with Crippen LogP contribution in [0.5, 0.6) is 0 Å². The van der Waals surface area contributed by atoms with Gasteiger partial charge in [-0.25, -0.2) is 9.97 Å². The molecule has 0 radical (unpaired) electrons. The van der Waals surface area contributed by atoms with E-state index in [-0.39, 0.29) is 0 Å². The molecule has 0 saturated heterocycles. The minimum atomic E-state index is 0.520.